The number of carbonyl (C=O) groups is 1. The van der Waals surface area contributed by atoms with Gasteiger partial charge in [0.05, 0.1) is 0 Å². The smallest absolute Gasteiger partial charge is 0.263 e. The second-order valence-corrected chi connectivity index (χ2v) is 3.16. The molecular formula is C10H11F2NO. The highest BCUT2D eigenvalue weighted by atomic mass is 19.3. The van der Waals surface area contributed by atoms with Crippen molar-refractivity contribution in [2.45, 2.75) is 20.3 Å². The molecule has 0 saturated carbocycles. The summed E-state index contributed by atoms with van der Waals surface area (Å²) >= 11 is 0. The number of benzene rings is 1. The molecule has 2 nitrogen and oxygen atoms in total. The molecule has 0 aliphatic heterocycles. The molecule has 2 N–H and O–H groups in total. The van der Waals surface area contributed by atoms with E-state index in [9.17, 15) is 13.6 Å². The van der Waals surface area contributed by atoms with Gasteiger partial charge >= 0.3 is 0 Å². The minimum absolute atomic E-state index is 0.118. The zero-order valence-corrected chi connectivity index (χ0v) is 7.97. The summed E-state index contributed by atoms with van der Waals surface area (Å²) in [5, 5.41) is 0. The molecule has 0 heterocycles. The maximum atomic E-state index is 12.3. The van der Waals surface area contributed by atoms with Gasteiger partial charge in [-0.1, -0.05) is 0 Å². The third-order valence-corrected chi connectivity index (χ3v) is 1.99. The first-order valence-corrected chi connectivity index (χ1v) is 4.12. The van der Waals surface area contributed by atoms with Crippen molar-refractivity contribution in [1.29, 1.82) is 0 Å². The van der Waals surface area contributed by atoms with Gasteiger partial charge in [-0.3, -0.25) is 4.79 Å². The molecule has 4 heteroatoms. The van der Waals surface area contributed by atoms with Crippen LogP contribution in [-0.4, -0.2) is 5.78 Å². The quantitative estimate of drug-likeness (QED) is 0.587. The lowest BCUT2D eigenvalue weighted by atomic mass is 10.0. The number of nitrogens with two attached hydrogens (primary N) is 1. The maximum Gasteiger partial charge on any atom is 0.263 e. The molecule has 0 radical (unpaired) electrons. The molecule has 0 bridgehead atoms. The zero-order valence-electron chi connectivity index (χ0n) is 7.97. The Morgan fingerprint density at radius 2 is 2.00 bits per heavy atom. The summed E-state index contributed by atoms with van der Waals surface area (Å²) in [6, 6.07) is 2.44. The highest BCUT2D eigenvalue weighted by molar-refractivity contribution is 6.00. The lowest BCUT2D eigenvalue weighted by molar-refractivity contribution is 0.101. The molecule has 0 atom stereocenters. The van der Waals surface area contributed by atoms with Crippen molar-refractivity contribution in [2.24, 2.45) is 0 Å². The number of nitrogen functional groups attached to an aromatic ring is 1. The molecule has 0 aliphatic rings. The predicted molar refractivity (Wildman–Crippen MR) is 50.6 cm³/mol. The molecule has 1 rings (SSSR count). The van der Waals surface area contributed by atoms with Crippen LogP contribution in [0.15, 0.2) is 12.1 Å². The number of alkyl halides is 2. The first-order valence-electron chi connectivity index (χ1n) is 4.12. The summed E-state index contributed by atoms with van der Waals surface area (Å²) in [4.78, 5) is 11.1. The molecule has 0 saturated heterocycles. The van der Waals surface area contributed by atoms with Gasteiger partial charge in [0.2, 0.25) is 0 Å². The van der Waals surface area contributed by atoms with Crippen molar-refractivity contribution in [2.75, 3.05) is 5.73 Å². The van der Waals surface area contributed by atoms with Crippen LogP contribution in [-0.2, 0) is 0 Å². The van der Waals surface area contributed by atoms with Gasteiger partial charge in [0.25, 0.3) is 6.43 Å². The summed E-state index contributed by atoms with van der Waals surface area (Å²) in [5.41, 5.74) is 6.30. The molecule has 14 heavy (non-hydrogen) atoms. The summed E-state index contributed by atoms with van der Waals surface area (Å²) in [6.45, 7) is 2.96. The Hall–Kier alpha value is -1.45. The highest BCUT2D eigenvalue weighted by Gasteiger charge is 2.14. The first-order chi connectivity index (χ1) is 6.43. The Bertz CT molecular complexity index is 351. The van der Waals surface area contributed by atoms with E-state index in [4.69, 9.17) is 5.73 Å². The van der Waals surface area contributed by atoms with E-state index in [2.05, 4.69) is 0 Å². The SMILES string of the molecule is CC(=O)c1c(C)cc(C(F)F)cc1N. The number of halogens is 2. The van der Waals surface area contributed by atoms with E-state index in [0.29, 0.717) is 11.1 Å². The number of hydrogen-bond donors (Lipinski definition) is 1. The number of rotatable bonds is 2. The van der Waals surface area contributed by atoms with E-state index in [1.165, 1.54) is 13.0 Å². The fourth-order valence-electron chi connectivity index (χ4n) is 1.45. The van der Waals surface area contributed by atoms with Crippen molar-refractivity contribution >= 4 is 11.5 Å². The Balaban J connectivity index is 3.32. The summed E-state index contributed by atoms with van der Waals surface area (Å²) in [6.07, 6.45) is -2.56. The number of anilines is 1. The Kier molecular flexibility index (Phi) is 2.84. The topological polar surface area (TPSA) is 43.1 Å². The summed E-state index contributed by atoms with van der Waals surface area (Å²) in [7, 11) is 0. The average molecular weight is 199 g/mol. The van der Waals surface area contributed by atoms with Crippen LogP contribution in [0.2, 0.25) is 0 Å². The largest absolute Gasteiger partial charge is 0.398 e. The standard InChI is InChI=1S/C10H11F2NO/c1-5-3-7(10(11)12)4-8(13)9(5)6(2)14/h3-4,10H,13H2,1-2H3. The molecule has 0 aliphatic carbocycles. The Labute approximate surface area is 80.7 Å². The van der Waals surface area contributed by atoms with Gasteiger partial charge in [0.1, 0.15) is 0 Å². The van der Waals surface area contributed by atoms with Crippen molar-refractivity contribution in [3.63, 3.8) is 0 Å². The van der Waals surface area contributed by atoms with Gasteiger partial charge in [-0.2, -0.15) is 0 Å². The van der Waals surface area contributed by atoms with Crippen molar-refractivity contribution in [1.82, 2.24) is 0 Å². The number of carbonyl (C=O) groups excluding carboxylic acids is 1. The van der Waals surface area contributed by atoms with E-state index in [1.54, 1.807) is 6.92 Å². The fourth-order valence-corrected chi connectivity index (χ4v) is 1.45. The van der Waals surface area contributed by atoms with Crippen molar-refractivity contribution in [3.8, 4) is 0 Å². The highest BCUT2D eigenvalue weighted by Crippen LogP contribution is 2.26. The molecule has 0 fully saturated rings. The van der Waals surface area contributed by atoms with Crippen LogP contribution in [0.3, 0.4) is 0 Å². The van der Waals surface area contributed by atoms with E-state index in [-0.39, 0.29) is 17.0 Å². The Morgan fingerprint density at radius 3 is 2.36 bits per heavy atom. The molecule has 0 unspecified atom stereocenters. The van der Waals surface area contributed by atoms with Gasteiger partial charge in [-0.05, 0) is 31.5 Å². The zero-order chi connectivity index (χ0) is 10.9. The van der Waals surface area contributed by atoms with E-state index in [1.807, 2.05) is 0 Å². The van der Waals surface area contributed by atoms with Crippen LogP contribution in [0.5, 0.6) is 0 Å². The second kappa shape index (κ2) is 3.74. The van der Waals surface area contributed by atoms with E-state index < -0.39 is 6.43 Å². The maximum absolute atomic E-state index is 12.3. The number of Topliss-reactive ketones (excluding diaryl/α,β-unsaturated/α-hetero) is 1. The van der Waals surface area contributed by atoms with Gasteiger partial charge in [0, 0.05) is 16.8 Å². The number of ketones is 1. The van der Waals surface area contributed by atoms with Crippen LogP contribution in [0.1, 0.15) is 34.8 Å². The molecular weight excluding hydrogens is 188 g/mol. The lowest BCUT2D eigenvalue weighted by Crippen LogP contribution is -2.04. The van der Waals surface area contributed by atoms with Crippen LogP contribution < -0.4 is 5.73 Å². The van der Waals surface area contributed by atoms with Crippen LogP contribution in [0, 0.1) is 6.92 Å². The normalized spacial score (nSPS) is 10.6. The van der Waals surface area contributed by atoms with E-state index in [0.717, 1.165) is 6.07 Å². The van der Waals surface area contributed by atoms with Gasteiger partial charge in [-0.15, -0.1) is 0 Å². The lowest BCUT2D eigenvalue weighted by Gasteiger charge is -2.09. The average Bonchev–Trinajstić information content (AvgIpc) is 2.01. The Morgan fingerprint density at radius 1 is 1.43 bits per heavy atom. The van der Waals surface area contributed by atoms with Crippen LogP contribution >= 0.6 is 0 Å². The summed E-state index contributed by atoms with van der Waals surface area (Å²) in [5.74, 6) is -0.208. The van der Waals surface area contributed by atoms with Crippen molar-refractivity contribution < 1.29 is 13.6 Å². The van der Waals surface area contributed by atoms with Crippen LogP contribution in [0.25, 0.3) is 0 Å². The number of hydrogen-bond acceptors (Lipinski definition) is 2. The fraction of sp³-hybridized carbons (Fsp3) is 0.300. The van der Waals surface area contributed by atoms with Crippen molar-refractivity contribution in [3.05, 3.63) is 28.8 Å². The molecule has 1 aromatic rings. The molecule has 0 aromatic heterocycles. The van der Waals surface area contributed by atoms with Gasteiger partial charge in [0.15, 0.2) is 5.78 Å². The molecule has 0 amide bonds. The van der Waals surface area contributed by atoms with Gasteiger partial charge in [-0.25, -0.2) is 8.78 Å². The minimum Gasteiger partial charge on any atom is -0.398 e. The monoisotopic (exact) mass is 199 g/mol. The third kappa shape index (κ3) is 1.89. The summed E-state index contributed by atoms with van der Waals surface area (Å²) < 4.78 is 24.6. The number of aryl methyl sites for hydroxylation is 1. The van der Waals surface area contributed by atoms with Gasteiger partial charge < -0.3 is 5.73 Å². The molecule has 1 aromatic carbocycles. The minimum atomic E-state index is -2.56. The second-order valence-electron chi connectivity index (χ2n) is 3.16. The van der Waals surface area contributed by atoms with Crippen LogP contribution in [0.4, 0.5) is 14.5 Å². The van der Waals surface area contributed by atoms with E-state index >= 15 is 0 Å². The molecule has 76 valence electrons. The predicted octanol–water partition coefficient (Wildman–Crippen LogP) is 2.72. The first kappa shape index (κ1) is 10.6. The third-order valence-electron chi connectivity index (χ3n) is 1.99. The molecule has 0 spiro atoms.